The molecule has 3 nitrogen and oxygen atoms in total. The Kier molecular flexibility index (Phi) is 3.94. The summed E-state index contributed by atoms with van der Waals surface area (Å²) in [7, 11) is 0. The lowest BCUT2D eigenvalue weighted by Crippen LogP contribution is -2.10. The first-order valence-corrected chi connectivity index (χ1v) is 7.99. The van der Waals surface area contributed by atoms with Crippen molar-refractivity contribution in [3.63, 3.8) is 0 Å². The number of primary amides is 1. The molecule has 0 bridgehead atoms. The minimum absolute atomic E-state index is 0.436. The van der Waals surface area contributed by atoms with Crippen molar-refractivity contribution < 1.29 is 9.53 Å². The van der Waals surface area contributed by atoms with Crippen LogP contribution < -0.4 is 10.5 Å². The number of thiophene rings is 1. The van der Waals surface area contributed by atoms with Crippen molar-refractivity contribution in [3.8, 4) is 5.75 Å². The molecule has 21 heavy (non-hydrogen) atoms. The number of ether oxygens (including phenoxy) is 1. The van der Waals surface area contributed by atoms with Crippen LogP contribution in [0.15, 0.2) is 52.3 Å². The summed E-state index contributed by atoms with van der Waals surface area (Å²) in [6, 6.07) is 13.0. The average Bonchev–Trinajstić information content (AvgIpc) is 2.90. The van der Waals surface area contributed by atoms with Gasteiger partial charge >= 0.3 is 0 Å². The summed E-state index contributed by atoms with van der Waals surface area (Å²) >= 11 is 5.28. The van der Waals surface area contributed by atoms with Gasteiger partial charge in [0.05, 0.1) is 0 Å². The molecule has 0 radical (unpaired) electrons. The van der Waals surface area contributed by atoms with E-state index in [0.29, 0.717) is 17.9 Å². The van der Waals surface area contributed by atoms with Gasteiger partial charge in [0.25, 0.3) is 0 Å². The van der Waals surface area contributed by atoms with Gasteiger partial charge in [-0.05, 0) is 41.8 Å². The SMILES string of the molecule is NC(=O)c1ccc(OCc2csc3cccc(Br)c23)cc1. The van der Waals surface area contributed by atoms with Crippen molar-refractivity contribution >= 4 is 43.3 Å². The Morgan fingerprint density at radius 2 is 1.95 bits per heavy atom. The molecule has 5 heteroatoms. The van der Waals surface area contributed by atoms with Gasteiger partial charge in [-0.2, -0.15) is 0 Å². The highest BCUT2D eigenvalue weighted by molar-refractivity contribution is 9.10. The minimum atomic E-state index is -0.436. The fraction of sp³-hybridized carbons (Fsp3) is 0.0625. The zero-order valence-electron chi connectivity index (χ0n) is 11.0. The lowest BCUT2D eigenvalue weighted by Gasteiger charge is -2.06. The van der Waals surface area contributed by atoms with Gasteiger partial charge in [0.2, 0.25) is 5.91 Å². The molecule has 1 heterocycles. The fourth-order valence-electron chi connectivity index (χ4n) is 2.09. The molecule has 106 valence electrons. The molecule has 2 aromatic carbocycles. The number of hydrogen-bond acceptors (Lipinski definition) is 3. The number of hydrogen-bond donors (Lipinski definition) is 1. The first kappa shape index (κ1) is 14.1. The summed E-state index contributed by atoms with van der Waals surface area (Å²) in [6.07, 6.45) is 0. The summed E-state index contributed by atoms with van der Waals surface area (Å²) in [5.41, 5.74) is 6.83. The first-order valence-electron chi connectivity index (χ1n) is 6.32. The van der Waals surface area contributed by atoms with Gasteiger partial charge in [-0.15, -0.1) is 11.3 Å². The second-order valence-electron chi connectivity index (χ2n) is 4.55. The summed E-state index contributed by atoms with van der Waals surface area (Å²) in [4.78, 5) is 11.0. The lowest BCUT2D eigenvalue weighted by molar-refractivity contribution is 0.100. The Balaban J connectivity index is 1.79. The molecule has 0 aliphatic rings. The molecule has 0 atom stereocenters. The zero-order valence-corrected chi connectivity index (χ0v) is 13.4. The highest BCUT2D eigenvalue weighted by atomic mass is 79.9. The third-order valence-corrected chi connectivity index (χ3v) is 4.82. The molecule has 0 saturated heterocycles. The highest BCUT2D eigenvalue weighted by Gasteiger charge is 2.08. The van der Waals surface area contributed by atoms with Crippen LogP contribution in [0, 0.1) is 0 Å². The molecule has 0 unspecified atom stereocenters. The summed E-state index contributed by atoms with van der Waals surface area (Å²) in [5.74, 6) is 0.278. The molecule has 1 aromatic heterocycles. The van der Waals surface area contributed by atoms with Crippen LogP contribution in [0.3, 0.4) is 0 Å². The Morgan fingerprint density at radius 1 is 1.19 bits per heavy atom. The number of benzene rings is 2. The monoisotopic (exact) mass is 361 g/mol. The Hall–Kier alpha value is -1.85. The van der Waals surface area contributed by atoms with Gasteiger partial charge in [0, 0.05) is 25.7 Å². The van der Waals surface area contributed by atoms with E-state index in [-0.39, 0.29) is 0 Å². The van der Waals surface area contributed by atoms with Crippen molar-refractivity contribution in [2.24, 2.45) is 5.73 Å². The predicted molar refractivity (Wildman–Crippen MR) is 88.8 cm³/mol. The largest absolute Gasteiger partial charge is 0.489 e. The van der Waals surface area contributed by atoms with E-state index in [9.17, 15) is 4.79 Å². The zero-order chi connectivity index (χ0) is 14.8. The molecule has 0 aliphatic heterocycles. The standard InChI is InChI=1S/C16H12BrNO2S/c17-13-2-1-3-14-15(13)11(9-21-14)8-20-12-6-4-10(5-7-12)16(18)19/h1-7,9H,8H2,(H2,18,19). The van der Waals surface area contributed by atoms with E-state index in [0.717, 1.165) is 10.0 Å². The maximum Gasteiger partial charge on any atom is 0.248 e. The number of carbonyl (C=O) groups excluding carboxylic acids is 1. The molecule has 0 fully saturated rings. The lowest BCUT2D eigenvalue weighted by atomic mass is 10.2. The average molecular weight is 362 g/mol. The highest BCUT2D eigenvalue weighted by Crippen LogP contribution is 2.32. The number of nitrogens with two attached hydrogens (primary N) is 1. The van der Waals surface area contributed by atoms with E-state index in [4.69, 9.17) is 10.5 Å². The van der Waals surface area contributed by atoms with Crippen LogP contribution in [0.2, 0.25) is 0 Å². The topological polar surface area (TPSA) is 52.3 Å². The maximum atomic E-state index is 11.0. The summed E-state index contributed by atoms with van der Waals surface area (Å²) < 4.78 is 8.08. The normalized spacial score (nSPS) is 10.7. The molecule has 0 spiro atoms. The van der Waals surface area contributed by atoms with Gasteiger partial charge in [-0.1, -0.05) is 22.0 Å². The van der Waals surface area contributed by atoms with E-state index >= 15 is 0 Å². The van der Waals surface area contributed by atoms with Crippen LogP contribution >= 0.6 is 27.3 Å². The van der Waals surface area contributed by atoms with Gasteiger partial charge in [-0.3, -0.25) is 4.79 Å². The van der Waals surface area contributed by atoms with Gasteiger partial charge < -0.3 is 10.5 Å². The van der Waals surface area contributed by atoms with Gasteiger partial charge in [0.15, 0.2) is 0 Å². The van der Waals surface area contributed by atoms with E-state index in [1.165, 1.54) is 10.1 Å². The minimum Gasteiger partial charge on any atom is -0.489 e. The second-order valence-corrected chi connectivity index (χ2v) is 6.32. The third kappa shape index (κ3) is 2.94. The van der Waals surface area contributed by atoms with Crippen LogP contribution in [-0.2, 0) is 6.61 Å². The van der Waals surface area contributed by atoms with Crippen molar-refractivity contribution in [1.29, 1.82) is 0 Å². The van der Waals surface area contributed by atoms with Crippen LogP contribution in [-0.4, -0.2) is 5.91 Å². The van der Waals surface area contributed by atoms with Crippen molar-refractivity contribution in [2.75, 3.05) is 0 Å². The summed E-state index contributed by atoms with van der Waals surface area (Å²) in [5, 5.41) is 3.30. The smallest absolute Gasteiger partial charge is 0.248 e. The summed E-state index contributed by atoms with van der Waals surface area (Å²) in [6.45, 7) is 0.485. The molecule has 2 N–H and O–H groups in total. The fourth-order valence-corrected chi connectivity index (χ4v) is 3.81. The first-order chi connectivity index (χ1) is 10.1. The van der Waals surface area contributed by atoms with Crippen molar-refractivity contribution in [2.45, 2.75) is 6.61 Å². The van der Waals surface area contributed by atoms with E-state index in [1.807, 2.05) is 12.1 Å². The van der Waals surface area contributed by atoms with Gasteiger partial charge in [0.1, 0.15) is 12.4 Å². The predicted octanol–water partition coefficient (Wildman–Crippen LogP) is 4.34. The molecule has 0 saturated carbocycles. The molecule has 1 amide bonds. The van der Waals surface area contributed by atoms with E-state index in [1.54, 1.807) is 35.6 Å². The van der Waals surface area contributed by atoms with E-state index < -0.39 is 5.91 Å². The number of halogens is 1. The second kappa shape index (κ2) is 5.87. The van der Waals surface area contributed by atoms with E-state index in [2.05, 4.69) is 27.4 Å². The Bertz CT molecular complexity index is 796. The van der Waals surface area contributed by atoms with Crippen LogP contribution in [0.4, 0.5) is 0 Å². The maximum absolute atomic E-state index is 11.0. The molecule has 3 rings (SSSR count). The number of carbonyl (C=O) groups is 1. The third-order valence-electron chi connectivity index (χ3n) is 3.16. The number of rotatable bonds is 4. The van der Waals surface area contributed by atoms with Crippen LogP contribution in [0.25, 0.3) is 10.1 Å². The van der Waals surface area contributed by atoms with Crippen molar-refractivity contribution in [3.05, 3.63) is 63.4 Å². The van der Waals surface area contributed by atoms with Crippen LogP contribution in [0.5, 0.6) is 5.75 Å². The molecule has 0 aliphatic carbocycles. The number of fused-ring (bicyclic) bond motifs is 1. The van der Waals surface area contributed by atoms with Crippen LogP contribution in [0.1, 0.15) is 15.9 Å². The molecule has 3 aromatic rings. The van der Waals surface area contributed by atoms with Crippen molar-refractivity contribution in [1.82, 2.24) is 0 Å². The quantitative estimate of drug-likeness (QED) is 0.751. The Labute approximate surface area is 134 Å². The molecular formula is C16H12BrNO2S. The van der Waals surface area contributed by atoms with Gasteiger partial charge in [-0.25, -0.2) is 0 Å². The number of amides is 1. The Morgan fingerprint density at radius 3 is 2.67 bits per heavy atom. The molecular weight excluding hydrogens is 350 g/mol.